The molecule has 0 amide bonds. The minimum atomic E-state index is -0.879. The Balaban J connectivity index is -0.000000208. The molecule has 0 spiro atoms. The third kappa shape index (κ3) is 12.6. The molecule has 0 fully saturated rings. The maximum atomic E-state index is 10.2. The summed E-state index contributed by atoms with van der Waals surface area (Å²) in [5.41, 5.74) is 0.331. The van der Waals surface area contributed by atoms with Crippen LogP contribution in [0.1, 0.15) is 38.1 Å². The maximum absolute atomic E-state index is 10.2. The van der Waals surface area contributed by atoms with Crippen molar-refractivity contribution in [1.82, 2.24) is 0 Å². The molecular weight excluding hydrogens is 192 g/mol. The van der Waals surface area contributed by atoms with E-state index in [1.807, 2.05) is 27.7 Å². The van der Waals surface area contributed by atoms with Crippen molar-refractivity contribution in [3.05, 3.63) is 35.9 Å². The van der Waals surface area contributed by atoms with Gasteiger partial charge < -0.3 is 10.2 Å². The summed E-state index contributed by atoms with van der Waals surface area (Å²) in [5.74, 6) is -0.879. The Bertz CT molecular complexity index is 207. The standard InChI is InChI=1S/C7H6O2.2C2H6.CH4O/c8-7(9)6-4-2-1-3-5-6;3*1-2/h1-5H,(H,8,9);2*1-2H3;2H,1H3. The minimum absolute atomic E-state index is 0.331. The van der Waals surface area contributed by atoms with E-state index in [-0.39, 0.29) is 0 Å². The summed E-state index contributed by atoms with van der Waals surface area (Å²) < 4.78 is 0. The van der Waals surface area contributed by atoms with Gasteiger partial charge in [0, 0.05) is 7.11 Å². The molecule has 0 aliphatic heterocycles. The highest BCUT2D eigenvalue weighted by Crippen LogP contribution is 1.96. The quantitative estimate of drug-likeness (QED) is 0.755. The molecule has 0 saturated heterocycles. The molecule has 15 heavy (non-hydrogen) atoms. The normalized spacial score (nSPS) is 6.53. The number of benzene rings is 1. The Labute approximate surface area is 92.4 Å². The van der Waals surface area contributed by atoms with Crippen molar-refractivity contribution in [2.24, 2.45) is 0 Å². The number of hydrogen-bond acceptors (Lipinski definition) is 2. The van der Waals surface area contributed by atoms with Crippen molar-refractivity contribution >= 4 is 5.97 Å². The zero-order valence-corrected chi connectivity index (χ0v) is 10.2. The molecule has 1 aromatic rings. The van der Waals surface area contributed by atoms with Crippen molar-refractivity contribution in [2.45, 2.75) is 27.7 Å². The van der Waals surface area contributed by atoms with Crippen LogP contribution in [0.25, 0.3) is 0 Å². The second-order valence-corrected chi connectivity index (χ2v) is 1.67. The summed E-state index contributed by atoms with van der Waals surface area (Å²) in [5, 5.41) is 15.4. The number of rotatable bonds is 1. The highest BCUT2D eigenvalue weighted by atomic mass is 16.4. The number of aliphatic hydroxyl groups is 1. The molecule has 2 N–H and O–H groups in total. The fourth-order valence-electron chi connectivity index (χ4n) is 0.581. The molecule has 1 rings (SSSR count). The van der Waals surface area contributed by atoms with Gasteiger partial charge in [0.1, 0.15) is 0 Å². The van der Waals surface area contributed by atoms with Crippen molar-refractivity contribution in [1.29, 1.82) is 0 Å². The Morgan fingerprint density at radius 3 is 1.47 bits per heavy atom. The Morgan fingerprint density at radius 2 is 1.27 bits per heavy atom. The number of hydrogen-bond donors (Lipinski definition) is 2. The number of carboxylic acid groups (broad SMARTS) is 1. The largest absolute Gasteiger partial charge is 0.478 e. The van der Waals surface area contributed by atoms with Gasteiger partial charge in [0.05, 0.1) is 5.56 Å². The number of aliphatic hydroxyl groups excluding tert-OH is 1. The number of carbonyl (C=O) groups is 1. The topological polar surface area (TPSA) is 57.5 Å². The molecule has 88 valence electrons. The van der Waals surface area contributed by atoms with E-state index in [1.165, 1.54) is 0 Å². The Morgan fingerprint density at radius 1 is 0.933 bits per heavy atom. The molecule has 0 aromatic heterocycles. The lowest BCUT2D eigenvalue weighted by Crippen LogP contribution is -1.93. The van der Waals surface area contributed by atoms with E-state index >= 15 is 0 Å². The Kier molecular flexibility index (Phi) is 23.7. The van der Waals surface area contributed by atoms with Crippen molar-refractivity contribution < 1.29 is 15.0 Å². The van der Waals surface area contributed by atoms with Gasteiger partial charge in [-0.3, -0.25) is 0 Å². The first kappa shape index (κ1) is 19.3. The summed E-state index contributed by atoms with van der Waals surface area (Å²) in [6.07, 6.45) is 0. The van der Waals surface area contributed by atoms with Crippen molar-refractivity contribution in [3.8, 4) is 0 Å². The molecule has 0 aliphatic rings. The van der Waals surface area contributed by atoms with Gasteiger partial charge in [0.15, 0.2) is 0 Å². The zero-order valence-electron chi connectivity index (χ0n) is 10.2. The molecular formula is C12H22O3. The van der Waals surface area contributed by atoms with Gasteiger partial charge in [-0.25, -0.2) is 4.79 Å². The van der Waals surface area contributed by atoms with E-state index in [0.29, 0.717) is 5.56 Å². The van der Waals surface area contributed by atoms with Crippen LogP contribution in [0.4, 0.5) is 0 Å². The van der Waals surface area contributed by atoms with E-state index in [2.05, 4.69) is 0 Å². The van der Waals surface area contributed by atoms with Crippen LogP contribution in [0.2, 0.25) is 0 Å². The molecule has 0 saturated carbocycles. The molecule has 1 aromatic carbocycles. The zero-order chi connectivity index (χ0) is 12.7. The predicted molar refractivity (Wildman–Crippen MR) is 64.2 cm³/mol. The van der Waals surface area contributed by atoms with E-state index in [1.54, 1.807) is 30.3 Å². The van der Waals surface area contributed by atoms with Crippen LogP contribution in [-0.2, 0) is 0 Å². The lowest BCUT2D eigenvalue weighted by molar-refractivity contribution is 0.0697. The molecule has 0 aliphatic carbocycles. The monoisotopic (exact) mass is 214 g/mol. The highest BCUT2D eigenvalue weighted by Gasteiger charge is 1.96. The summed E-state index contributed by atoms with van der Waals surface area (Å²) in [6.45, 7) is 8.00. The van der Waals surface area contributed by atoms with Crippen LogP contribution in [0.15, 0.2) is 30.3 Å². The lowest BCUT2D eigenvalue weighted by atomic mass is 10.2. The molecule has 0 atom stereocenters. The first-order valence-corrected chi connectivity index (χ1v) is 5.04. The molecule has 3 nitrogen and oxygen atoms in total. The van der Waals surface area contributed by atoms with Crippen LogP contribution in [0.5, 0.6) is 0 Å². The Hall–Kier alpha value is -1.35. The van der Waals surface area contributed by atoms with E-state index in [4.69, 9.17) is 10.2 Å². The van der Waals surface area contributed by atoms with Gasteiger partial charge in [-0.15, -0.1) is 0 Å². The molecule has 0 heterocycles. The third-order valence-electron chi connectivity index (χ3n) is 1.02. The maximum Gasteiger partial charge on any atom is 0.335 e. The molecule has 0 unspecified atom stereocenters. The van der Waals surface area contributed by atoms with E-state index in [0.717, 1.165) is 7.11 Å². The summed E-state index contributed by atoms with van der Waals surface area (Å²) in [6, 6.07) is 8.30. The van der Waals surface area contributed by atoms with E-state index < -0.39 is 5.97 Å². The minimum Gasteiger partial charge on any atom is -0.478 e. The van der Waals surface area contributed by atoms with Gasteiger partial charge >= 0.3 is 5.97 Å². The van der Waals surface area contributed by atoms with Crippen LogP contribution in [0, 0.1) is 0 Å². The summed E-state index contributed by atoms with van der Waals surface area (Å²) in [4.78, 5) is 10.2. The number of carboxylic acids is 1. The molecule has 0 radical (unpaired) electrons. The van der Waals surface area contributed by atoms with Gasteiger partial charge in [-0.1, -0.05) is 45.9 Å². The second kappa shape index (κ2) is 18.4. The second-order valence-electron chi connectivity index (χ2n) is 1.67. The first-order valence-electron chi connectivity index (χ1n) is 5.04. The van der Waals surface area contributed by atoms with Crippen molar-refractivity contribution in [2.75, 3.05) is 7.11 Å². The predicted octanol–water partition coefficient (Wildman–Crippen LogP) is 3.05. The first-order chi connectivity index (χ1) is 7.30. The van der Waals surface area contributed by atoms with Crippen LogP contribution in [0.3, 0.4) is 0 Å². The number of aromatic carboxylic acids is 1. The molecule has 3 heteroatoms. The average Bonchev–Trinajstić information content (AvgIpc) is 2.38. The molecule has 0 bridgehead atoms. The fraction of sp³-hybridized carbons (Fsp3) is 0.417. The van der Waals surface area contributed by atoms with Crippen LogP contribution >= 0.6 is 0 Å². The fourth-order valence-corrected chi connectivity index (χ4v) is 0.581. The van der Waals surface area contributed by atoms with Gasteiger partial charge in [-0.2, -0.15) is 0 Å². The summed E-state index contributed by atoms with van der Waals surface area (Å²) in [7, 11) is 1.00. The average molecular weight is 214 g/mol. The van der Waals surface area contributed by atoms with Gasteiger partial charge in [0.25, 0.3) is 0 Å². The van der Waals surface area contributed by atoms with E-state index in [9.17, 15) is 4.79 Å². The summed E-state index contributed by atoms with van der Waals surface area (Å²) >= 11 is 0. The highest BCUT2D eigenvalue weighted by molar-refractivity contribution is 5.87. The smallest absolute Gasteiger partial charge is 0.335 e. The van der Waals surface area contributed by atoms with Crippen LogP contribution < -0.4 is 0 Å². The lowest BCUT2D eigenvalue weighted by Gasteiger charge is -1.88. The third-order valence-corrected chi connectivity index (χ3v) is 1.02. The van der Waals surface area contributed by atoms with Crippen LogP contribution in [-0.4, -0.2) is 23.3 Å². The SMILES string of the molecule is CC.CC.CO.O=C(O)c1ccccc1. The van der Waals surface area contributed by atoms with Gasteiger partial charge in [-0.05, 0) is 12.1 Å². The van der Waals surface area contributed by atoms with Crippen molar-refractivity contribution in [3.63, 3.8) is 0 Å². The van der Waals surface area contributed by atoms with Gasteiger partial charge in [0.2, 0.25) is 0 Å².